The summed E-state index contributed by atoms with van der Waals surface area (Å²) in [7, 11) is 1.82. The molecule has 0 aliphatic carbocycles. The number of aromatic nitrogens is 3. The lowest BCUT2D eigenvalue weighted by Crippen LogP contribution is -2.22. The minimum atomic E-state index is -0.155. The Morgan fingerprint density at radius 3 is 2.54 bits per heavy atom. The van der Waals surface area contributed by atoms with E-state index < -0.39 is 0 Å². The number of rotatable bonds is 3. The standard InChI is InChI=1S/C19H15ClN4OS/c1-11-16(26-19(21-2)22-11)17-23-14-9-5-3-7-12(14)18(25)24(17)15-10-6-4-8-13(15)20/h3-10H,1-2H3,(H,21,22). The number of hydrogen-bond donors (Lipinski definition) is 1. The lowest BCUT2D eigenvalue weighted by molar-refractivity contribution is 0.976. The fourth-order valence-electron chi connectivity index (χ4n) is 2.85. The van der Waals surface area contributed by atoms with Gasteiger partial charge in [0.05, 0.1) is 32.2 Å². The summed E-state index contributed by atoms with van der Waals surface area (Å²) in [6.45, 7) is 1.91. The third-order valence-electron chi connectivity index (χ3n) is 4.08. The summed E-state index contributed by atoms with van der Waals surface area (Å²) in [6, 6.07) is 14.6. The lowest BCUT2D eigenvalue weighted by atomic mass is 10.2. The van der Waals surface area contributed by atoms with E-state index in [1.165, 1.54) is 11.3 Å². The number of nitrogens with zero attached hydrogens (tertiary/aromatic N) is 3. The van der Waals surface area contributed by atoms with E-state index in [4.69, 9.17) is 16.6 Å². The average molecular weight is 383 g/mol. The monoisotopic (exact) mass is 382 g/mol. The molecule has 4 rings (SSSR count). The predicted molar refractivity (Wildman–Crippen MR) is 108 cm³/mol. The zero-order chi connectivity index (χ0) is 18.3. The summed E-state index contributed by atoms with van der Waals surface area (Å²) >= 11 is 7.86. The molecule has 0 bridgehead atoms. The second kappa shape index (κ2) is 6.55. The SMILES string of the molecule is CNc1nc(C)c(-c2nc3ccccc3c(=O)n2-c2ccccc2Cl)s1. The van der Waals surface area contributed by atoms with Crippen molar-refractivity contribution in [1.29, 1.82) is 0 Å². The highest BCUT2D eigenvalue weighted by atomic mass is 35.5. The molecule has 0 aliphatic heterocycles. The molecule has 0 amide bonds. The van der Waals surface area contributed by atoms with Crippen LogP contribution in [0.3, 0.4) is 0 Å². The van der Waals surface area contributed by atoms with Crippen LogP contribution in [-0.2, 0) is 0 Å². The molecule has 0 atom stereocenters. The van der Waals surface area contributed by atoms with Crippen molar-refractivity contribution in [1.82, 2.24) is 14.5 Å². The molecule has 4 aromatic rings. The van der Waals surface area contributed by atoms with Gasteiger partial charge in [0.1, 0.15) is 0 Å². The summed E-state index contributed by atoms with van der Waals surface area (Å²) < 4.78 is 1.57. The van der Waals surface area contributed by atoms with E-state index in [-0.39, 0.29) is 5.56 Å². The van der Waals surface area contributed by atoms with Crippen LogP contribution in [-0.4, -0.2) is 21.6 Å². The lowest BCUT2D eigenvalue weighted by Gasteiger charge is -2.14. The van der Waals surface area contributed by atoms with E-state index in [1.807, 2.05) is 50.4 Å². The molecule has 0 saturated heterocycles. The zero-order valence-electron chi connectivity index (χ0n) is 14.2. The average Bonchev–Trinajstić information content (AvgIpc) is 3.03. The molecule has 130 valence electrons. The molecule has 2 aromatic carbocycles. The molecule has 2 heterocycles. The van der Waals surface area contributed by atoms with Crippen molar-refractivity contribution in [3.8, 4) is 16.4 Å². The Hall–Kier alpha value is -2.70. The minimum absolute atomic E-state index is 0.155. The molecular formula is C19H15ClN4OS. The Morgan fingerprint density at radius 1 is 1.08 bits per heavy atom. The molecule has 0 aliphatic rings. The van der Waals surface area contributed by atoms with Gasteiger partial charge in [-0.3, -0.25) is 9.36 Å². The van der Waals surface area contributed by atoms with Gasteiger partial charge in [-0.25, -0.2) is 9.97 Å². The van der Waals surface area contributed by atoms with Crippen LogP contribution in [0.15, 0.2) is 53.3 Å². The van der Waals surface area contributed by atoms with Crippen LogP contribution in [0.5, 0.6) is 0 Å². The fourth-order valence-corrected chi connectivity index (χ4v) is 3.97. The number of thiazole rings is 1. The van der Waals surface area contributed by atoms with Gasteiger partial charge in [0.15, 0.2) is 11.0 Å². The van der Waals surface area contributed by atoms with Crippen molar-refractivity contribution in [2.24, 2.45) is 0 Å². The van der Waals surface area contributed by atoms with Crippen LogP contribution >= 0.6 is 22.9 Å². The molecule has 0 unspecified atom stereocenters. The fraction of sp³-hybridized carbons (Fsp3) is 0.105. The number of anilines is 1. The van der Waals surface area contributed by atoms with Gasteiger partial charge in [-0.15, -0.1) is 0 Å². The van der Waals surface area contributed by atoms with Crippen LogP contribution in [0, 0.1) is 6.92 Å². The number of aryl methyl sites for hydroxylation is 1. The van der Waals surface area contributed by atoms with Crippen molar-refractivity contribution >= 4 is 39.0 Å². The molecule has 5 nitrogen and oxygen atoms in total. The van der Waals surface area contributed by atoms with E-state index in [0.717, 1.165) is 15.7 Å². The largest absolute Gasteiger partial charge is 0.365 e. The van der Waals surface area contributed by atoms with Crippen LogP contribution < -0.4 is 10.9 Å². The third-order valence-corrected chi connectivity index (χ3v) is 5.57. The van der Waals surface area contributed by atoms with Gasteiger partial charge in [0.2, 0.25) is 0 Å². The molecule has 0 saturated carbocycles. The summed E-state index contributed by atoms with van der Waals surface area (Å²) in [5.74, 6) is 0.540. The van der Waals surface area contributed by atoms with Crippen LogP contribution in [0.4, 0.5) is 5.13 Å². The quantitative estimate of drug-likeness (QED) is 0.566. The Labute approximate surface area is 158 Å². The highest BCUT2D eigenvalue weighted by Gasteiger charge is 2.20. The minimum Gasteiger partial charge on any atom is -0.365 e. The number of halogens is 1. The molecule has 0 radical (unpaired) electrons. The first-order valence-electron chi connectivity index (χ1n) is 8.02. The van der Waals surface area contributed by atoms with E-state index >= 15 is 0 Å². The van der Waals surface area contributed by atoms with Crippen molar-refractivity contribution in [2.75, 3.05) is 12.4 Å². The Morgan fingerprint density at radius 2 is 1.81 bits per heavy atom. The summed E-state index contributed by atoms with van der Waals surface area (Å²) in [4.78, 5) is 23.4. The van der Waals surface area contributed by atoms with Gasteiger partial charge in [-0.05, 0) is 31.2 Å². The molecule has 1 N–H and O–H groups in total. The third kappa shape index (κ3) is 2.67. The second-order valence-electron chi connectivity index (χ2n) is 5.73. The molecular weight excluding hydrogens is 368 g/mol. The maximum Gasteiger partial charge on any atom is 0.266 e. The first kappa shape index (κ1) is 16.8. The normalized spacial score (nSPS) is 11.0. The molecule has 26 heavy (non-hydrogen) atoms. The van der Waals surface area contributed by atoms with Gasteiger partial charge >= 0.3 is 0 Å². The Balaban J connectivity index is 2.14. The first-order chi connectivity index (χ1) is 12.6. The number of benzene rings is 2. The molecule has 0 spiro atoms. The predicted octanol–water partition coefficient (Wildman–Crippen LogP) is 4.51. The number of nitrogens with one attached hydrogen (secondary N) is 1. The second-order valence-corrected chi connectivity index (χ2v) is 7.13. The number of hydrogen-bond acceptors (Lipinski definition) is 5. The summed E-state index contributed by atoms with van der Waals surface area (Å²) in [6.07, 6.45) is 0. The number of fused-ring (bicyclic) bond motifs is 1. The highest BCUT2D eigenvalue weighted by Crippen LogP contribution is 2.33. The smallest absolute Gasteiger partial charge is 0.266 e. The van der Waals surface area contributed by atoms with Crippen LogP contribution in [0.25, 0.3) is 27.3 Å². The summed E-state index contributed by atoms with van der Waals surface area (Å²) in [5.41, 5.74) is 1.90. The maximum atomic E-state index is 13.3. The van der Waals surface area contributed by atoms with Gasteiger partial charge in [-0.1, -0.05) is 47.2 Å². The highest BCUT2D eigenvalue weighted by molar-refractivity contribution is 7.19. The molecule has 2 aromatic heterocycles. The van der Waals surface area contributed by atoms with Gasteiger partial charge in [-0.2, -0.15) is 0 Å². The molecule has 0 fully saturated rings. The topological polar surface area (TPSA) is 59.8 Å². The van der Waals surface area contributed by atoms with Crippen molar-refractivity contribution in [3.63, 3.8) is 0 Å². The number of para-hydroxylation sites is 2. The van der Waals surface area contributed by atoms with E-state index in [9.17, 15) is 4.79 Å². The van der Waals surface area contributed by atoms with Crippen molar-refractivity contribution in [2.45, 2.75) is 6.92 Å². The van der Waals surface area contributed by atoms with Gasteiger partial charge in [0, 0.05) is 7.05 Å². The summed E-state index contributed by atoms with van der Waals surface area (Å²) in [5, 5.41) is 4.85. The Kier molecular flexibility index (Phi) is 4.22. The van der Waals surface area contributed by atoms with E-state index in [0.29, 0.717) is 27.4 Å². The Bertz CT molecular complexity index is 1180. The van der Waals surface area contributed by atoms with Gasteiger partial charge < -0.3 is 5.32 Å². The van der Waals surface area contributed by atoms with Crippen molar-refractivity contribution < 1.29 is 0 Å². The van der Waals surface area contributed by atoms with E-state index in [2.05, 4.69) is 10.3 Å². The first-order valence-corrected chi connectivity index (χ1v) is 9.22. The van der Waals surface area contributed by atoms with Crippen LogP contribution in [0.2, 0.25) is 5.02 Å². The molecule has 7 heteroatoms. The van der Waals surface area contributed by atoms with Crippen LogP contribution in [0.1, 0.15) is 5.69 Å². The van der Waals surface area contributed by atoms with E-state index in [1.54, 1.807) is 16.7 Å². The van der Waals surface area contributed by atoms with Gasteiger partial charge in [0.25, 0.3) is 5.56 Å². The maximum absolute atomic E-state index is 13.3. The zero-order valence-corrected chi connectivity index (χ0v) is 15.7. The van der Waals surface area contributed by atoms with Crippen molar-refractivity contribution in [3.05, 3.63) is 69.6 Å².